The van der Waals surface area contributed by atoms with E-state index in [-0.39, 0.29) is 28.1 Å². The van der Waals surface area contributed by atoms with Crippen molar-refractivity contribution in [1.82, 2.24) is 14.0 Å². The van der Waals surface area contributed by atoms with Gasteiger partial charge in [0.25, 0.3) is 11.5 Å². The zero-order valence-electron chi connectivity index (χ0n) is 18.4. The maximum absolute atomic E-state index is 13.2. The molecule has 8 heteroatoms. The molecule has 0 radical (unpaired) electrons. The summed E-state index contributed by atoms with van der Waals surface area (Å²) in [5.74, 6) is -0.476. The third kappa shape index (κ3) is 4.59. The first-order valence-electron chi connectivity index (χ1n) is 10.7. The number of fused-ring (bicyclic) bond motifs is 2. The smallest absolute Gasteiger partial charge is 0.278 e. The molecule has 0 saturated heterocycles. The molecule has 0 saturated carbocycles. The van der Waals surface area contributed by atoms with Crippen LogP contribution in [-0.4, -0.2) is 32.6 Å². The molecule has 0 fully saturated rings. The zero-order valence-corrected chi connectivity index (χ0v) is 18.4. The lowest BCUT2D eigenvalue weighted by Crippen LogP contribution is -2.30. The van der Waals surface area contributed by atoms with E-state index in [2.05, 4.69) is 16.0 Å². The van der Waals surface area contributed by atoms with Crippen molar-refractivity contribution in [2.24, 2.45) is 4.99 Å². The van der Waals surface area contributed by atoms with Crippen molar-refractivity contribution >= 4 is 22.6 Å². The fourth-order valence-corrected chi connectivity index (χ4v) is 3.58. The number of carbonyl (C=O) groups excluding carboxylic acids is 1. The van der Waals surface area contributed by atoms with Crippen LogP contribution in [-0.2, 0) is 11.3 Å². The molecule has 0 spiro atoms. The second-order valence-electron chi connectivity index (χ2n) is 7.78. The monoisotopic (exact) mass is 441 g/mol. The molecule has 0 aliphatic heterocycles. The van der Waals surface area contributed by atoms with E-state index < -0.39 is 5.91 Å². The van der Waals surface area contributed by atoms with Crippen molar-refractivity contribution in [2.45, 2.75) is 32.9 Å². The highest BCUT2D eigenvalue weighted by Gasteiger charge is 2.15. The maximum Gasteiger partial charge on any atom is 0.278 e. The van der Waals surface area contributed by atoms with Gasteiger partial charge in [0.1, 0.15) is 17.4 Å². The van der Waals surface area contributed by atoms with Gasteiger partial charge in [-0.25, -0.2) is 4.98 Å². The van der Waals surface area contributed by atoms with Crippen LogP contribution in [0, 0.1) is 11.3 Å². The molecule has 4 aromatic rings. The highest BCUT2D eigenvalue weighted by atomic mass is 16.5. The van der Waals surface area contributed by atoms with Gasteiger partial charge in [0.15, 0.2) is 5.49 Å². The molecule has 0 N–H and O–H groups in total. The predicted octanol–water partition coefficient (Wildman–Crippen LogP) is 3.08. The Balaban J connectivity index is 1.98. The van der Waals surface area contributed by atoms with E-state index in [1.165, 1.54) is 10.5 Å². The Kier molecular flexibility index (Phi) is 6.43. The summed E-state index contributed by atoms with van der Waals surface area (Å²) >= 11 is 0. The van der Waals surface area contributed by atoms with Crippen molar-refractivity contribution in [3.05, 3.63) is 87.8 Å². The highest BCUT2D eigenvalue weighted by molar-refractivity contribution is 5.95. The third-order valence-corrected chi connectivity index (χ3v) is 5.12. The number of carbonyl (C=O) groups is 1. The number of nitriles is 1. The molecule has 166 valence electrons. The highest BCUT2D eigenvalue weighted by Crippen LogP contribution is 2.11. The summed E-state index contributed by atoms with van der Waals surface area (Å²) in [6.45, 7) is 4.75. The lowest BCUT2D eigenvalue weighted by molar-refractivity contribution is 0.0748. The lowest BCUT2D eigenvalue weighted by Gasteiger charge is -2.14. The van der Waals surface area contributed by atoms with E-state index in [4.69, 9.17) is 4.74 Å². The van der Waals surface area contributed by atoms with Gasteiger partial charge in [-0.1, -0.05) is 24.3 Å². The first-order chi connectivity index (χ1) is 16.0. The van der Waals surface area contributed by atoms with E-state index in [0.717, 1.165) is 0 Å². The fourth-order valence-electron chi connectivity index (χ4n) is 3.58. The minimum absolute atomic E-state index is 0.0766. The molecular weight excluding hydrogens is 418 g/mol. The van der Waals surface area contributed by atoms with Gasteiger partial charge in [-0.3, -0.25) is 14.0 Å². The van der Waals surface area contributed by atoms with Crippen molar-refractivity contribution in [1.29, 1.82) is 5.26 Å². The molecule has 1 amide bonds. The quantitative estimate of drug-likeness (QED) is 0.338. The van der Waals surface area contributed by atoms with Gasteiger partial charge >= 0.3 is 0 Å². The van der Waals surface area contributed by atoms with E-state index in [9.17, 15) is 14.9 Å². The summed E-state index contributed by atoms with van der Waals surface area (Å²) < 4.78 is 8.76. The van der Waals surface area contributed by atoms with E-state index in [1.807, 2.05) is 19.9 Å². The molecule has 3 aromatic heterocycles. The molecule has 4 rings (SSSR count). The average molecular weight is 441 g/mol. The molecule has 1 aromatic carbocycles. The predicted molar refractivity (Wildman–Crippen MR) is 124 cm³/mol. The number of hydrogen-bond donors (Lipinski definition) is 0. The first-order valence-corrected chi connectivity index (χ1v) is 10.7. The van der Waals surface area contributed by atoms with Crippen molar-refractivity contribution < 1.29 is 9.53 Å². The first kappa shape index (κ1) is 22.1. The van der Waals surface area contributed by atoms with Crippen LogP contribution in [0.3, 0.4) is 0 Å². The summed E-state index contributed by atoms with van der Waals surface area (Å²) in [6, 6.07) is 17.5. The van der Waals surface area contributed by atoms with Crippen LogP contribution in [0.25, 0.3) is 16.7 Å². The van der Waals surface area contributed by atoms with Gasteiger partial charge in [-0.2, -0.15) is 10.3 Å². The number of nitrogens with zero attached hydrogens (tertiary/aromatic N) is 5. The van der Waals surface area contributed by atoms with Crippen LogP contribution in [0.5, 0.6) is 0 Å². The van der Waals surface area contributed by atoms with Crippen LogP contribution >= 0.6 is 0 Å². The summed E-state index contributed by atoms with van der Waals surface area (Å²) in [5, 5.41) is 10.1. The van der Waals surface area contributed by atoms with Gasteiger partial charge in [-0.15, -0.1) is 0 Å². The fraction of sp³-hybridized carbons (Fsp3) is 0.240. The normalized spacial score (nSPS) is 11.9. The second-order valence-corrected chi connectivity index (χ2v) is 7.78. The minimum Gasteiger partial charge on any atom is -0.379 e. The topological polar surface area (TPSA) is 102 Å². The Morgan fingerprint density at radius 3 is 2.67 bits per heavy atom. The van der Waals surface area contributed by atoms with Gasteiger partial charge in [-0.05, 0) is 50.6 Å². The van der Waals surface area contributed by atoms with Crippen molar-refractivity contribution in [3.8, 4) is 6.07 Å². The van der Waals surface area contributed by atoms with Crippen molar-refractivity contribution in [3.63, 3.8) is 0 Å². The maximum atomic E-state index is 13.2. The molecule has 0 unspecified atom stereocenters. The number of amides is 1. The molecule has 3 heterocycles. The minimum atomic E-state index is -0.476. The van der Waals surface area contributed by atoms with E-state index in [1.54, 1.807) is 53.2 Å². The standard InChI is InChI=1S/C25H23N5O3/c1-17(2)33-14-8-13-30-22(28-24(31)18-9-4-3-5-10-18)19(16-26)15-20-23(30)27-21-11-6-7-12-29(21)25(20)32/h3-7,9-12,15,17H,8,13-14H2,1-2H3. The summed E-state index contributed by atoms with van der Waals surface area (Å²) in [7, 11) is 0. The van der Waals surface area contributed by atoms with Gasteiger partial charge in [0.2, 0.25) is 0 Å². The Morgan fingerprint density at radius 2 is 1.94 bits per heavy atom. The van der Waals surface area contributed by atoms with E-state index in [0.29, 0.717) is 36.4 Å². The van der Waals surface area contributed by atoms with Gasteiger partial charge < -0.3 is 9.30 Å². The summed E-state index contributed by atoms with van der Waals surface area (Å²) in [6.07, 6.45) is 2.30. The molecule has 33 heavy (non-hydrogen) atoms. The molecule has 0 atom stereocenters. The number of aryl methyl sites for hydroxylation is 1. The Hall–Kier alpha value is -4.09. The number of ether oxygens (including phenoxy) is 1. The van der Waals surface area contributed by atoms with Crippen LogP contribution in [0.2, 0.25) is 0 Å². The largest absolute Gasteiger partial charge is 0.379 e. The number of pyridine rings is 2. The Bertz CT molecular complexity index is 1490. The SMILES string of the molecule is CC(C)OCCCn1c(=NC(=O)c2ccccc2)c(C#N)cc2c(=O)n3ccccc3nc21. The number of benzene rings is 1. The van der Waals surface area contributed by atoms with Crippen LogP contribution in [0.1, 0.15) is 36.2 Å². The summed E-state index contributed by atoms with van der Waals surface area (Å²) in [4.78, 5) is 35.0. The molecule has 0 aliphatic carbocycles. The number of hydrogen-bond acceptors (Lipinski definition) is 5. The van der Waals surface area contributed by atoms with Crippen molar-refractivity contribution in [2.75, 3.05) is 6.61 Å². The number of aromatic nitrogens is 3. The van der Waals surface area contributed by atoms with Gasteiger partial charge in [0, 0.05) is 24.9 Å². The van der Waals surface area contributed by atoms with Crippen LogP contribution < -0.4 is 11.0 Å². The molecular formula is C25H23N5O3. The molecule has 0 bridgehead atoms. The average Bonchev–Trinajstić information content (AvgIpc) is 2.83. The summed E-state index contributed by atoms with van der Waals surface area (Å²) in [5.41, 5.74) is 1.26. The van der Waals surface area contributed by atoms with E-state index >= 15 is 0 Å². The van der Waals surface area contributed by atoms with Crippen LogP contribution in [0.4, 0.5) is 0 Å². The second kappa shape index (κ2) is 9.59. The Labute approximate surface area is 190 Å². The molecule has 8 nitrogen and oxygen atoms in total. The van der Waals surface area contributed by atoms with Gasteiger partial charge in [0.05, 0.1) is 17.1 Å². The third-order valence-electron chi connectivity index (χ3n) is 5.12. The van der Waals surface area contributed by atoms with Crippen LogP contribution in [0.15, 0.2) is 70.6 Å². The zero-order chi connectivity index (χ0) is 23.4. The lowest BCUT2D eigenvalue weighted by atomic mass is 10.2. The number of rotatable bonds is 6. The molecule has 0 aliphatic rings. The Morgan fingerprint density at radius 1 is 1.18 bits per heavy atom.